The first-order valence-electron chi connectivity index (χ1n) is 5.84. The van der Waals surface area contributed by atoms with E-state index in [1.165, 1.54) is 18.2 Å². The molecule has 0 radical (unpaired) electrons. The number of sulfonamides is 1. The molecule has 1 heterocycles. The monoisotopic (exact) mass is 341 g/mol. The van der Waals surface area contributed by atoms with Crippen LogP contribution in [0.15, 0.2) is 41.4 Å². The molecule has 1 aromatic carbocycles. The summed E-state index contributed by atoms with van der Waals surface area (Å²) >= 11 is 10.8. The summed E-state index contributed by atoms with van der Waals surface area (Å²) in [7, 11) is -3.83. The van der Waals surface area contributed by atoms with Crippen LogP contribution in [0.5, 0.6) is 0 Å². The summed E-state index contributed by atoms with van der Waals surface area (Å²) in [6, 6.07) is 7.60. The highest BCUT2D eigenvalue weighted by atomic mass is 35.5. The Morgan fingerprint density at radius 3 is 2.57 bits per heavy atom. The van der Waals surface area contributed by atoms with Gasteiger partial charge in [0.2, 0.25) is 0 Å². The quantitative estimate of drug-likeness (QED) is 0.834. The first-order valence-corrected chi connectivity index (χ1v) is 8.11. The van der Waals surface area contributed by atoms with Crippen LogP contribution in [0, 0.1) is 6.92 Å². The third kappa shape index (κ3) is 3.69. The minimum absolute atomic E-state index is 0.0416. The summed E-state index contributed by atoms with van der Waals surface area (Å²) in [6.45, 7) is 1.86. The van der Waals surface area contributed by atoms with E-state index in [-0.39, 0.29) is 20.7 Å². The zero-order valence-corrected chi connectivity index (χ0v) is 13.4. The Hall–Kier alpha value is -1.70. The number of nitrogens with one attached hydrogen (secondary N) is 1. The van der Waals surface area contributed by atoms with Crippen molar-refractivity contribution in [3.63, 3.8) is 0 Å². The SMILES string of the molecule is Cc1ccc(NS(=O)(=O)c2ccc(C(N)=S)cc2Cl)nc1. The number of hydrogen-bond acceptors (Lipinski definition) is 4. The number of nitrogens with zero attached hydrogens (tertiary/aromatic N) is 1. The van der Waals surface area contributed by atoms with E-state index >= 15 is 0 Å². The van der Waals surface area contributed by atoms with Crippen molar-refractivity contribution in [2.75, 3.05) is 4.72 Å². The molecule has 0 saturated heterocycles. The predicted molar refractivity (Wildman–Crippen MR) is 87.1 cm³/mol. The zero-order valence-electron chi connectivity index (χ0n) is 11.0. The lowest BCUT2D eigenvalue weighted by Crippen LogP contribution is -2.15. The number of benzene rings is 1. The molecule has 8 heteroatoms. The Balaban J connectivity index is 2.35. The van der Waals surface area contributed by atoms with Gasteiger partial charge in [0.15, 0.2) is 0 Å². The van der Waals surface area contributed by atoms with Crippen molar-refractivity contribution in [2.24, 2.45) is 5.73 Å². The number of thiocarbonyl (C=S) groups is 1. The zero-order chi connectivity index (χ0) is 15.6. The number of aromatic nitrogens is 1. The van der Waals surface area contributed by atoms with Crippen LogP contribution in [0.2, 0.25) is 5.02 Å². The Morgan fingerprint density at radius 1 is 1.33 bits per heavy atom. The van der Waals surface area contributed by atoms with Gasteiger partial charge < -0.3 is 5.73 Å². The lowest BCUT2D eigenvalue weighted by atomic mass is 10.2. The normalized spacial score (nSPS) is 11.1. The first kappa shape index (κ1) is 15.7. The van der Waals surface area contributed by atoms with E-state index in [0.717, 1.165) is 5.56 Å². The van der Waals surface area contributed by atoms with Gasteiger partial charge in [-0.25, -0.2) is 13.4 Å². The lowest BCUT2D eigenvalue weighted by molar-refractivity contribution is 0.601. The minimum atomic E-state index is -3.83. The number of nitrogens with two attached hydrogens (primary N) is 1. The third-order valence-corrected chi connectivity index (χ3v) is 4.73. The number of halogens is 1. The summed E-state index contributed by atoms with van der Waals surface area (Å²) in [5.41, 5.74) is 6.91. The maximum atomic E-state index is 12.3. The minimum Gasteiger partial charge on any atom is -0.389 e. The molecule has 0 unspecified atom stereocenters. The lowest BCUT2D eigenvalue weighted by Gasteiger charge is -2.10. The fourth-order valence-corrected chi connectivity index (χ4v) is 3.27. The molecular weight excluding hydrogens is 330 g/mol. The topological polar surface area (TPSA) is 85.1 Å². The summed E-state index contributed by atoms with van der Waals surface area (Å²) in [5.74, 6) is 0.218. The number of aryl methyl sites for hydroxylation is 1. The average Bonchev–Trinajstić information content (AvgIpc) is 2.40. The maximum Gasteiger partial charge on any atom is 0.264 e. The van der Waals surface area contributed by atoms with Crippen LogP contribution in [0.25, 0.3) is 0 Å². The second-order valence-corrected chi connectivity index (χ2v) is 6.83. The van der Waals surface area contributed by atoms with Crippen LogP contribution < -0.4 is 10.5 Å². The van der Waals surface area contributed by atoms with Crippen molar-refractivity contribution in [3.05, 3.63) is 52.7 Å². The molecular formula is C13H12ClN3O2S2. The van der Waals surface area contributed by atoms with E-state index in [0.29, 0.717) is 5.56 Å². The van der Waals surface area contributed by atoms with Gasteiger partial charge >= 0.3 is 0 Å². The van der Waals surface area contributed by atoms with Gasteiger partial charge in [-0.15, -0.1) is 0 Å². The summed E-state index contributed by atoms with van der Waals surface area (Å²) < 4.78 is 26.9. The van der Waals surface area contributed by atoms with Crippen molar-refractivity contribution >= 4 is 44.6 Å². The Bertz CT molecular complexity index is 790. The van der Waals surface area contributed by atoms with Gasteiger partial charge in [0.05, 0.1) is 5.02 Å². The number of anilines is 1. The highest BCUT2D eigenvalue weighted by Gasteiger charge is 2.19. The van der Waals surface area contributed by atoms with Crippen LogP contribution in [-0.2, 0) is 10.0 Å². The molecule has 5 nitrogen and oxygen atoms in total. The highest BCUT2D eigenvalue weighted by molar-refractivity contribution is 7.92. The molecule has 0 spiro atoms. The van der Waals surface area contributed by atoms with Gasteiger partial charge in [-0.1, -0.05) is 36.0 Å². The second-order valence-electron chi connectivity index (χ2n) is 4.34. The first-order chi connectivity index (χ1) is 9.79. The number of rotatable bonds is 4. The molecule has 3 N–H and O–H groups in total. The average molecular weight is 342 g/mol. The molecule has 110 valence electrons. The molecule has 0 bridgehead atoms. The Morgan fingerprint density at radius 2 is 2.05 bits per heavy atom. The molecule has 0 aliphatic carbocycles. The largest absolute Gasteiger partial charge is 0.389 e. The van der Waals surface area contributed by atoms with E-state index in [2.05, 4.69) is 9.71 Å². The molecule has 0 aliphatic heterocycles. The van der Waals surface area contributed by atoms with E-state index in [1.54, 1.807) is 18.3 Å². The van der Waals surface area contributed by atoms with Gasteiger partial charge in [-0.3, -0.25) is 4.72 Å². The second kappa shape index (κ2) is 5.97. The molecule has 0 amide bonds. The van der Waals surface area contributed by atoms with Crippen molar-refractivity contribution in [1.82, 2.24) is 4.98 Å². The van der Waals surface area contributed by atoms with Gasteiger partial charge in [-0.05, 0) is 30.7 Å². The van der Waals surface area contributed by atoms with E-state index in [4.69, 9.17) is 29.6 Å². The van der Waals surface area contributed by atoms with Crippen LogP contribution in [0.4, 0.5) is 5.82 Å². The molecule has 0 saturated carbocycles. The Kier molecular flexibility index (Phi) is 4.46. The molecule has 0 fully saturated rings. The van der Waals surface area contributed by atoms with Gasteiger partial charge in [0, 0.05) is 11.8 Å². The summed E-state index contributed by atoms with van der Waals surface area (Å²) in [6.07, 6.45) is 1.56. The number of pyridine rings is 1. The maximum absolute atomic E-state index is 12.3. The summed E-state index contributed by atoms with van der Waals surface area (Å²) in [4.78, 5) is 4.07. The standard InChI is InChI=1S/C13H12ClN3O2S2/c1-8-2-5-12(16-7-8)17-21(18,19)11-4-3-9(13(15)20)6-10(11)14/h2-7H,1H3,(H2,15,20)(H,16,17). The van der Waals surface area contributed by atoms with Crippen molar-refractivity contribution in [3.8, 4) is 0 Å². The molecule has 2 rings (SSSR count). The van der Waals surface area contributed by atoms with Crippen molar-refractivity contribution in [2.45, 2.75) is 11.8 Å². The van der Waals surface area contributed by atoms with Crippen LogP contribution in [-0.4, -0.2) is 18.4 Å². The predicted octanol–water partition coefficient (Wildman–Crippen LogP) is 2.48. The van der Waals surface area contributed by atoms with Gasteiger partial charge in [0.25, 0.3) is 10.0 Å². The van der Waals surface area contributed by atoms with Crippen LogP contribution in [0.3, 0.4) is 0 Å². The van der Waals surface area contributed by atoms with Crippen molar-refractivity contribution in [1.29, 1.82) is 0 Å². The molecule has 1 aromatic heterocycles. The van der Waals surface area contributed by atoms with E-state index < -0.39 is 10.0 Å². The molecule has 0 atom stereocenters. The molecule has 2 aromatic rings. The van der Waals surface area contributed by atoms with Crippen molar-refractivity contribution < 1.29 is 8.42 Å². The molecule has 21 heavy (non-hydrogen) atoms. The molecule has 0 aliphatic rings. The van der Waals surface area contributed by atoms with E-state index in [9.17, 15) is 8.42 Å². The van der Waals surface area contributed by atoms with E-state index in [1.807, 2.05) is 6.92 Å². The Labute approximate surface area is 133 Å². The third-order valence-electron chi connectivity index (χ3n) is 2.66. The fraction of sp³-hybridized carbons (Fsp3) is 0.0769. The van der Waals surface area contributed by atoms with Gasteiger partial charge in [0.1, 0.15) is 15.7 Å². The van der Waals surface area contributed by atoms with Gasteiger partial charge in [-0.2, -0.15) is 0 Å². The highest BCUT2D eigenvalue weighted by Crippen LogP contribution is 2.24. The van der Waals surface area contributed by atoms with Crippen LogP contribution in [0.1, 0.15) is 11.1 Å². The summed E-state index contributed by atoms with van der Waals surface area (Å²) in [5, 5.41) is 0.0416. The fourth-order valence-electron chi connectivity index (χ4n) is 1.59. The number of hydrogen-bond donors (Lipinski definition) is 2. The smallest absolute Gasteiger partial charge is 0.264 e. The van der Waals surface area contributed by atoms with Crippen LogP contribution >= 0.6 is 23.8 Å².